The number of benzene rings is 1. The van der Waals surface area contributed by atoms with E-state index in [-0.39, 0.29) is 11.8 Å². The molecule has 1 unspecified atom stereocenters. The zero-order chi connectivity index (χ0) is 9.42. The molecule has 0 aromatic heterocycles. The highest BCUT2D eigenvalue weighted by atomic mass is 16.1. The maximum atomic E-state index is 11.3. The van der Waals surface area contributed by atoms with Crippen LogP contribution in [0.4, 0.5) is 0 Å². The van der Waals surface area contributed by atoms with Crippen molar-refractivity contribution < 1.29 is 4.79 Å². The van der Waals surface area contributed by atoms with Crippen molar-refractivity contribution in [3.8, 4) is 12.3 Å². The number of Topliss-reactive ketones (excluding diaryl/α,β-unsaturated/α-hetero) is 1. The molecular formula is C11H9NO. The van der Waals surface area contributed by atoms with E-state index in [1.54, 1.807) is 12.1 Å². The molecule has 0 saturated heterocycles. The van der Waals surface area contributed by atoms with E-state index in [2.05, 4.69) is 5.92 Å². The quantitative estimate of drug-likeness (QED) is 0.597. The minimum Gasteiger partial charge on any atom is -0.324 e. The number of carbonyl (C=O) groups is 1. The predicted molar refractivity (Wildman–Crippen MR) is 50.3 cm³/mol. The number of hydrogen-bond acceptors (Lipinski definition) is 2. The Labute approximate surface area is 76.8 Å². The molecule has 0 saturated carbocycles. The third-order valence-electron chi connectivity index (χ3n) is 2.32. The molecule has 13 heavy (non-hydrogen) atoms. The van der Waals surface area contributed by atoms with Crippen LogP contribution in [0.15, 0.2) is 18.2 Å². The molecule has 2 nitrogen and oxygen atoms in total. The molecule has 1 aliphatic rings. The Hall–Kier alpha value is -1.59. The summed E-state index contributed by atoms with van der Waals surface area (Å²) in [5, 5.41) is 0. The van der Waals surface area contributed by atoms with Crippen LogP contribution < -0.4 is 5.73 Å². The molecule has 0 fully saturated rings. The largest absolute Gasteiger partial charge is 0.324 e. The van der Waals surface area contributed by atoms with Crippen molar-refractivity contribution in [2.24, 2.45) is 5.73 Å². The number of fused-ring (bicyclic) bond motifs is 1. The fraction of sp³-hybridized carbons (Fsp3) is 0.182. The number of rotatable bonds is 0. The van der Waals surface area contributed by atoms with Crippen molar-refractivity contribution in [2.45, 2.75) is 12.5 Å². The summed E-state index contributed by atoms with van der Waals surface area (Å²) in [5.41, 5.74) is 8.17. The molecule has 0 heterocycles. The first-order valence-corrected chi connectivity index (χ1v) is 4.11. The van der Waals surface area contributed by atoms with Gasteiger partial charge < -0.3 is 5.73 Å². The Kier molecular flexibility index (Phi) is 1.68. The van der Waals surface area contributed by atoms with Gasteiger partial charge in [-0.3, -0.25) is 4.79 Å². The number of nitrogens with two attached hydrogens (primary N) is 1. The smallest absolute Gasteiger partial charge is 0.165 e. The first-order valence-electron chi connectivity index (χ1n) is 4.11. The van der Waals surface area contributed by atoms with Gasteiger partial charge in [-0.25, -0.2) is 0 Å². The van der Waals surface area contributed by atoms with Crippen LogP contribution in [0.25, 0.3) is 0 Å². The second kappa shape index (κ2) is 2.72. The number of hydrogen-bond donors (Lipinski definition) is 1. The molecule has 1 atom stereocenters. The van der Waals surface area contributed by atoms with Crippen molar-refractivity contribution in [3.63, 3.8) is 0 Å². The number of carbonyl (C=O) groups excluding carboxylic acids is 1. The summed E-state index contributed by atoms with van der Waals surface area (Å²) < 4.78 is 0. The predicted octanol–water partition coefficient (Wildman–Crippen LogP) is 1.25. The highest BCUT2D eigenvalue weighted by molar-refractivity contribution is 6.01. The summed E-state index contributed by atoms with van der Waals surface area (Å²) in [4.78, 5) is 11.3. The summed E-state index contributed by atoms with van der Waals surface area (Å²) in [6.07, 6.45) is 5.65. The number of ketones is 1. The van der Waals surface area contributed by atoms with E-state index in [0.29, 0.717) is 6.42 Å². The van der Waals surface area contributed by atoms with Gasteiger partial charge in [-0.15, -0.1) is 6.42 Å². The Morgan fingerprint density at radius 2 is 2.31 bits per heavy atom. The van der Waals surface area contributed by atoms with Crippen LogP contribution >= 0.6 is 0 Å². The Morgan fingerprint density at radius 3 is 3.00 bits per heavy atom. The average Bonchev–Trinajstić information content (AvgIpc) is 2.42. The van der Waals surface area contributed by atoms with E-state index in [9.17, 15) is 4.79 Å². The number of terminal acetylenes is 1. The van der Waals surface area contributed by atoms with Gasteiger partial charge >= 0.3 is 0 Å². The Morgan fingerprint density at radius 1 is 1.54 bits per heavy atom. The molecule has 0 amide bonds. The van der Waals surface area contributed by atoms with Crippen LogP contribution in [0, 0.1) is 12.3 Å². The molecule has 1 aromatic rings. The third-order valence-corrected chi connectivity index (χ3v) is 2.32. The molecule has 1 aromatic carbocycles. The monoisotopic (exact) mass is 171 g/mol. The molecule has 1 aliphatic carbocycles. The van der Waals surface area contributed by atoms with Crippen molar-refractivity contribution >= 4 is 5.78 Å². The van der Waals surface area contributed by atoms with E-state index in [1.165, 1.54) is 0 Å². The molecule has 2 heteroatoms. The van der Waals surface area contributed by atoms with E-state index in [1.807, 2.05) is 6.07 Å². The topological polar surface area (TPSA) is 43.1 Å². The Balaban J connectivity index is 2.60. The van der Waals surface area contributed by atoms with Gasteiger partial charge in [0, 0.05) is 23.6 Å². The summed E-state index contributed by atoms with van der Waals surface area (Å²) >= 11 is 0. The van der Waals surface area contributed by atoms with Gasteiger partial charge in [0.15, 0.2) is 5.78 Å². The van der Waals surface area contributed by atoms with E-state index < -0.39 is 0 Å². The van der Waals surface area contributed by atoms with Gasteiger partial charge in [0.25, 0.3) is 0 Å². The van der Waals surface area contributed by atoms with Gasteiger partial charge in [0.2, 0.25) is 0 Å². The zero-order valence-corrected chi connectivity index (χ0v) is 7.08. The van der Waals surface area contributed by atoms with Crippen molar-refractivity contribution in [1.82, 2.24) is 0 Å². The summed E-state index contributed by atoms with van der Waals surface area (Å²) in [7, 11) is 0. The summed E-state index contributed by atoms with van der Waals surface area (Å²) in [6.45, 7) is 0. The normalized spacial score (nSPS) is 19.7. The fourth-order valence-corrected chi connectivity index (χ4v) is 1.63. The molecule has 0 spiro atoms. The van der Waals surface area contributed by atoms with Gasteiger partial charge in [-0.1, -0.05) is 5.92 Å². The van der Waals surface area contributed by atoms with Gasteiger partial charge in [0.1, 0.15) is 0 Å². The van der Waals surface area contributed by atoms with E-state index in [0.717, 1.165) is 16.7 Å². The van der Waals surface area contributed by atoms with Crippen molar-refractivity contribution in [3.05, 3.63) is 34.9 Å². The second-order valence-electron chi connectivity index (χ2n) is 3.18. The van der Waals surface area contributed by atoms with E-state index >= 15 is 0 Å². The average molecular weight is 171 g/mol. The fourth-order valence-electron chi connectivity index (χ4n) is 1.63. The molecule has 2 N–H and O–H groups in total. The lowest BCUT2D eigenvalue weighted by Crippen LogP contribution is -2.05. The summed E-state index contributed by atoms with van der Waals surface area (Å²) in [6, 6.07) is 5.19. The maximum Gasteiger partial charge on any atom is 0.165 e. The first kappa shape index (κ1) is 8.03. The maximum absolute atomic E-state index is 11.3. The third kappa shape index (κ3) is 1.14. The van der Waals surface area contributed by atoms with Crippen LogP contribution in [-0.2, 0) is 0 Å². The van der Waals surface area contributed by atoms with E-state index in [4.69, 9.17) is 12.2 Å². The van der Waals surface area contributed by atoms with Crippen molar-refractivity contribution in [2.75, 3.05) is 0 Å². The zero-order valence-electron chi connectivity index (χ0n) is 7.08. The lowest BCUT2D eigenvalue weighted by molar-refractivity contribution is 0.0989. The second-order valence-corrected chi connectivity index (χ2v) is 3.18. The minimum atomic E-state index is -0.171. The highest BCUT2D eigenvalue weighted by Crippen LogP contribution is 2.29. The Bertz CT molecular complexity index is 415. The van der Waals surface area contributed by atoms with Crippen LogP contribution in [0.5, 0.6) is 0 Å². The standard InChI is InChI=1S/C11H9NO/c1-2-7-3-4-8-9(5-7)10(12)6-11(8)13/h1,3-5,10H,6,12H2. The first-order chi connectivity index (χ1) is 6.22. The van der Waals surface area contributed by atoms with Gasteiger partial charge in [-0.05, 0) is 23.8 Å². The highest BCUT2D eigenvalue weighted by Gasteiger charge is 2.26. The molecule has 0 bridgehead atoms. The molecule has 0 radical (unpaired) electrons. The molecular weight excluding hydrogens is 162 g/mol. The molecule has 0 aliphatic heterocycles. The summed E-state index contributed by atoms with van der Waals surface area (Å²) in [5.74, 6) is 2.64. The van der Waals surface area contributed by atoms with Crippen LogP contribution in [-0.4, -0.2) is 5.78 Å². The lowest BCUT2D eigenvalue weighted by atomic mass is 10.1. The molecule has 64 valence electrons. The van der Waals surface area contributed by atoms with Crippen LogP contribution in [0.1, 0.15) is 33.9 Å². The SMILES string of the molecule is C#Cc1ccc2c(c1)C(N)CC2=O. The minimum absolute atomic E-state index is 0.117. The van der Waals surface area contributed by atoms with Crippen molar-refractivity contribution in [1.29, 1.82) is 0 Å². The lowest BCUT2D eigenvalue weighted by Gasteiger charge is -2.02. The molecule has 2 rings (SSSR count). The van der Waals surface area contributed by atoms with Gasteiger partial charge in [-0.2, -0.15) is 0 Å². The van der Waals surface area contributed by atoms with Crippen LogP contribution in [0.3, 0.4) is 0 Å². The van der Waals surface area contributed by atoms with Crippen LogP contribution in [0.2, 0.25) is 0 Å². The van der Waals surface area contributed by atoms with Gasteiger partial charge in [0.05, 0.1) is 0 Å².